The molecule has 4 nitrogen and oxygen atoms in total. The van der Waals surface area contributed by atoms with Gasteiger partial charge in [-0.15, -0.1) is 0 Å². The van der Waals surface area contributed by atoms with E-state index in [1.165, 1.54) is 30.4 Å². The van der Waals surface area contributed by atoms with E-state index in [-0.39, 0.29) is 0 Å². The minimum atomic E-state index is -0.865. The van der Waals surface area contributed by atoms with Gasteiger partial charge in [-0.2, -0.15) is 0 Å². The van der Waals surface area contributed by atoms with Gasteiger partial charge in [0.2, 0.25) is 0 Å². The van der Waals surface area contributed by atoms with Gasteiger partial charge in [0.1, 0.15) is 28.3 Å². The van der Waals surface area contributed by atoms with Crippen LogP contribution in [0.15, 0.2) is 59.5 Å². The minimum absolute atomic E-state index is 0.476. The first-order valence-corrected chi connectivity index (χ1v) is 12.3. The number of hydrogen-bond acceptors (Lipinski definition) is 4. The molecular weight excluding hydrogens is 424 g/mol. The Kier molecular flexibility index (Phi) is 7.91. The predicted octanol–water partition coefficient (Wildman–Crippen LogP) is 8.06. The number of esters is 1. The molecule has 0 spiro atoms. The van der Waals surface area contributed by atoms with Crippen molar-refractivity contribution < 1.29 is 18.7 Å². The second-order valence-corrected chi connectivity index (χ2v) is 9.86. The van der Waals surface area contributed by atoms with Gasteiger partial charge in [-0.25, -0.2) is 4.79 Å². The molecule has 0 fully saturated rings. The van der Waals surface area contributed by atoms with Crippen molar-refractivity contribution in [1.29, 1.82) is 0 Å². The number of carbonyl (C=O) groups is 1. The lowest BCUT2D eigenvalue weighted by atomic mass is 9.89. The van der Waals surface area contributed by atoms with Crippen LogP contribution < -0.4 is 4.74 Å². The van der Waals surface area contributed by atoms with Crippen LogP contribution >= 0.6 is 0 Å². The highest BCUT2D eigenvalue weighted by atomic mass is 16.6. The van der Waals surface area contributed by atoms with Gasteiger partial charge in [-0.1, -0.05) is 51.5 Å². The van der Waals surface area contributed by atoms with Crippen molar-refractivity contribution in [2.24, 2.45) is 0 Å². The highest BCUT2D eigenvalue weighted by Crippen LogP contribution is 2.36. The molecule has 0 radical (unpaired) electrons. The first-order valence-electron chi connectivity index (χ1n) is 12.3. The average Bonchev–Trinajstić information content (AvgIpc) is 3.21. The molecule has 0 atom stereocenters. The van der Waals surface area contributed by atoms with Gasteiger partial charge in [0.25, 0.3) is 0 Å². The van der Waals surface area contributed by atoms with Crippen LogP contribution in [0.1, 0.15) is 71.9 Å². The Morgan fingerprint density at radius 3 is 2.44 bits per heavy atom. The number of aryl methyl sites for hydroxylation is 2. The monoisotopic (exact) mass is 462 g/mol. The van der Waals surface area contributed by atoms with Crippen molar-refractivity contribution in [3.8, 4) is 17.1 Å². The number of furan rings is 1. The number of ether oxygens (including phenoxy) is 2. The summed E-state index contributed by atoms with van der Waals surface area (Å²) >= 11 is 0. The standard InChI is InChI=1S/C30H38O4/c1-8-11-12-13-21-14-17-25(22(9-2)18-21)27-19-23-15-16-24(20-26(23)32-27)33-29(4,5)30(6,7)34-28(31)10-3/h10,14-20H,3,8-9,11-13H2,1-2,4-7H3. The van der Waals surface area contributed by atoms with Gasteiger partial charge in [-0.05, 0) is 76.3 Å². The second-order valence-electron chi connectivity index (χ2n) is 9.86. The lowest BCUT2D eigenvalue weighted by Gasteiger charge is -2.40. The summed E-state index contributed by atoms with van der Waals surface area (Å²) in [6.07, 6.45) is 6.97. The SMILES string of the molecule is C=CC(=O)OC(C)(C)C(C)(C)Oc1ccc2cc(-c3ccc(CCCCC)cc3CC)oc2c1. The van der Waals surface area contributed by atoms with Crippen LogP contribution in [0.5, 0.6) is 5.75 Å². The third-order valence-electron chi connectivity index (χ3n) is 6.72. The molecule has 0 bridgehead atoms. The van der Waals surface area contributed by atoms with Crippen LogP contribution in [0.4, 0.5) is 0 Å². The zero-order valence-electron chi connectivity index (χ0n) is 21.5. The Morgan fingerprint density at radius 2 is 1.76 bits per heavy atom. The molecule has 0 saturated heterocycles. The van der Waals surface area contributed by atoms with Gasteiger partial charge in [0.05, 0.1) is 0 Å². The van der Waals surface area contributed by atoms with E-state index in [9.17, 15) is 4.79 Å². The van der Waals surface area contributed by atoms with E-state index in [4.69, 9.17) is 13.9 Å². The van der Waals surface area contributed by atoms with Gasteiger partial charge in [-0.3, -0.25) is 0 Å². The molecule has 1 aromatic heterocycles. The summed E-state index contributed by atoms with van der Waals surface area (Å²) in [6, 6.07) is 14.6. The van der Waals surface area contributed by atoms with Crippen molar-refractivity contribution in [2.45, 2.75) is 84.8 Å². The van der Waals surface area contributed by atoms with Crippen molar-refractivity contribution in [2.75, 3.05) is 0 Å². The van der Waals surface area contributed by atoms with Crippen molar-refractivity contribution in [3.05, 3.63) is 66.2 Å². The summed E-state index contributed by atoms with van der Waals surface area (Å²) in [5, 5.41) is 1.02. The van der Waals surface area contributed by atoms with Gasteiger partial charge in [0, 0.05) is 23.1 Å². The molecule has 4 heteroatoms. The molecule has 182 valence electrons. The Bertz CT molecular complexity index is 1150. The van der Waals surface area contributed by atoms with Crippen molar-refractivity contribution in [1.82, 2.24) is 0 Å². The molecule has 0 aliphatic heterocycles. The molecule has 0 aliphatic rings. The summed E-state index contributed by atoms with van der Waals surface area (Å²) < 4.78 is 18.1. The maximum Gasteiger partial charge on any atom is 0.330 e. The molecule has 0 unspecified atom stereocenters. The van der Waals surface area contributed by atoms with Crippen LogP contribution in [0.2, 0.25) is 0 Å². The first-order chi connectivity index (χ1) is 16.1. The highest BCUT2D eigenvalue weighted by Gasteiger charge is 2.42. The minimum Gasteiger partial charge on any atom is -0.484 e. The van der Waals surface area contributed by atoms with Crippen molar-refractivity contribution in [3.63, 3.8) is 0 Å². The van der Waals surface area contributed by atoms with Crippen LogP contribution in [0, 0.1) is 0 Å². The molecular formula is C30H38O4. The number of benzene rings is 2. The maximum atomic E-state index is 11.8. The van der Waals surface area contributed by atoms with E-state index in [1.807, 2.05) is 45.9 Å². The van der Waals surface area contributed by atoms with Gasteiger partial charge >= 0.3 is 5.97 Å². The molecule has 0 saturated carbocycles. The Balaban J connectivity index is 1.85. The molecule has 0 N–H and O–H groups in total. The summed E-state index contributed by atoms with van der Waals surface area (Å²) in [6.45, 7) is 15.4. The second kappa shape index (κ2) is 10.5. The van der Waals surface area contributed by atoms with Crippen LogP contribution in [-0.4, -0.2) is 17.2 Å². The van der Waals surface area contributed by atoms with E-state index in [2.05, 4.69) is 44.7 Å². The quantitative estimate of drug-likeness (QED) is 0.164. The average molecular weight is 463 g/mol. The third kappa shape index (κ3) is 5.72. The van der Waals surface area contributed by atoms with Crippen LogP contribution in [0.25, 0.3) is 22.3 Å². The van der Waals surface area contributed by atoms with Crippen LogP contribution in [0.3, 0.4) is 0 Å². The van der Waals surface area contributed by atoms with E-state index in [1.54, 1.807) is 0 Å². The van der Waals surface area contributed by atoms with E-state index in [0.717, 1.165) is 41.2 Å². The Morgan fingerprint density at radius 1 is 1.00 bits per heavy atom. The topological polar surface area (TPSA) is 48.7 Å². The molecule has 0 amide bonds. The Hall–Kier alpha value is -3.01. The number of fused-ring (bicyclic) bond motifs is 1. The number of carbonyl (C=O) groups excluding carboxylic acids is 1. The fraction of sp³-hybridized carbons (Fsp3) is 0.433. The fourth-order valence-corrected chi connectivity index (χ4v) is 3.96. The number of rotatable bonds is 11. The van der Waals surface area contributed by atoms with E-state index >= 15 is 0 Å². The Labute approximate surface area is 204 Å². The lowest BCUT2D eigenvalue weighted by molar-refractivity contribution is -0.170. The van der Waals surface area contributed by atoms with Gasteiger partial charge in [0.15, 0.2) is 0 Å². The molecule has 2 aromatic carbocycles. The maximum absolute atomic E-state index is 11.8. The fourth-order valence-electron chi connectivity index (χ4n) is 3.96. The zero-order chi connectivity index (χ0) is 24.9. The highest BCUT2D eigenvalue weighted by molar-refractivity contribution is 5.84. The third-order valence-corrected chi connectivity index (χ3v) is 6.72. The predicted molar refractivity (Wildman–Crippen MR) is 139 cm³/mol. The molecule has 3 aromatic rings. The summed E-state index contributed by atoms with van der Waals surface area (Å²) in [5.41, 5.74) is 2.95. The molecule has 3 rings (SSSR count). The van der Waals surface area contributed by atoms with Crippen LogP contribution in [-0.2, 0) is 22.4 Å². The van der Waals surface area contributed by atoms with Crippen molar-refractivity contribution >= 4 is 16.9 Å². The summed E-state index contributed by atoms with van der Waals surface area (Å²) in [7, 11) is 0. The lowest BCUT2D eigenvalue weighted by Crippen LogP contribution is -2.52. The summed E-state index contributed by atoms with van der Waals surface area (Å²) in [5.74, 6) is 1.04. The van der Waals surface area contributed by atoms with E-state index < -0.39 is 17.2 Å². The number of hydrogen-bond donors (Lipinski definition) is 0. The largest absolute Gasteiger partial charge is 0.484 e. The summed E-state index contributed by atoms with van der Waals surface area (Å²) in [4.78, 5) is 11.8. The number of unbranched alkanes of at least 4 members (excludes halogenated alkanes) is 2. The molecule has 0 aliphatic carbocycles. The first kappa shape index (κ1) is 25.6. The molecule has 1 heterocycles. The smallest absolute Gasteiger partial charge is 0.330 e. The van der Waals surface area contributed by atoms with E-state index in [0.29, 0.717) is 5.75 Å². The normalized spacial score (nSPS) is 12.1. The molecule has 34 heavy (non-hydrogen) atoms. The van der Waals surface area contributed by atoms with Gasteiger partial charge < -0.3 is 13.9 Å². The zero-order valence-corrected chi connectivity index (χ0v) is 21.5.